The van der Waals surface area contributed by atoms with E-state index in [9.17, 15) is 91.0 Å². The second-order valence-electron chi connectivity index (χ2n) is 5.55. The molecule has 0 N–H and O–H groups in total. The number of nitrogens with zero attached hydrogens (tertiary/aromatic N) is 9. The van der Waals surface area contributed by atoms with Gasteiger partial charge in [-0.05, 0) is 0 Å². The van der Waals surface area contributed by atoms with Gasteiger partial charge in [-0.3, -0.25) is 91.0 Å². The molecule has 0 bridgehead atoms. The van der Waals surface area contributed by atoms with Crippen LogP contribution in [0.3, 0.4) is 0 Å². The standard InChI is InChI=1S/C6HN9O18/c16-7(17)1-2(8(18)19)4(10(22)23,11(24)25)6(14(30)31,15(32)33)5(12(26)27,13(28)29)3(1)9(20)21/h2H. The van der Waals surface area contributed by atoms with Gasteiger partial charge in [-0.25, -0.2) is 0 Å². The number of nitro groups is 9. The van der Waals surface area contributed by atoms with Gasteiger partial charge in [0.25, 0.3) is 0 Å². The van der Waals surface area contributed by atoms with Crippen molar-refractivity contribution in [1.29, 1.82) is 0 Å². The van der Waals surface area contributed by atoms with Crippen LogP contribution in [0, 0.1) is 91.0 Å². The summed E-state index contributed by atoms with van der Waals surface area (Å²) in [6, 6.07) is -4.69. The van der Waals surface area contributed by atoms with Crippen molar-refractivity contribution in [3.63, 3.8) is 0 Å². The van der Waals surface area contributed by atoms with E-state index in [2.05, 4.69) is 0 Å². The monoisotopic (exact) mass is 487 g/mol. The summed E-state index contributed by atoms with van der Waals surface area (Å²) in [5.41, 5.74) is -25.2. The SMILES string of the molecule is O=[N+]([O-])C1=C([N+](=O)[O-])C([N+](=O)[O-])([N+](=O)[O-])C([N+](=O)[O-])([N+](=O)[O-])C([N+](=O)[O-])([N+](=O)[O-])C1[N+](=O)[O-]. The van der Waals surface area contributed by atoms with Crippen LogP contribution in [-0.2, 0) is 0 Å². The number of hydrogen-bond acceptors (Lipinski definition) is 18. The fourth-order valence-corrected chi connectivity index (χ4v) is 3.37. The summed E-state index contributed by atoms with van der Waals surface area (Å²) in [7, 11) is 0. The molecule has 27 heteroatoms. The summed E-state index contributed by atoms with van der Waals surface area (Å²) in [6.07, 6.45) is 0. The maximum absolute atomic E-state index is 11.7. The maximum atomic E-state index is 11.7. The second kappa shape index (κ2) is 7.24. The summed E-state index contributed by atoms with van der Waals surface area (Å²) in [5, 5.41) is 104. The average molecular weight is 487 g/mol. The summed E-state index contributed by atoms with van der Waals surface area (Å²) in [5.74, 6) is 0. The summed E-state index contributed by atoms with van der Waals surface area (Å²) in [4.78, 5) is 78.4. The summed E-state index contributed by atoms with van der Waals surface area (Å²) >= 11 is 0. The minimum atomic E-state index is -6.33. The van der Waals surface area contributed by atoms with Gasteiger partial charge < -0.3 is 0 Å². The van der Waals surface area contributed by atoms with Crippen molar-refractivity contribution >= 4 is 0 Å². The highest BCUT2D eigenvalue weighted by Crippen LogP contribution is 2.53. The Balaban J connectivity index is 5.15. The Bertz CT molecular complexity index is 1060. The van der Waals surface area contributed by atoms with Crippen molar-refractivity contribution in [2.75, 3.05) is 0 Å². The molecule has 0 aliphatic heterocycles. The van der Waals surface area contributed by atoms with E-state index < -0.39 is 78.7 Å². The smallest absolute Gasteiger partial charge is 0.263 e. The molecule has 0 aromatic carbocycles. The van der Waals surface area contributed by atoms with Crippen LogP contribution in [0.2, 0.25) is 0 Å². The zero-order chi connectivity index (χ0) is 26.4. The Morgan fingerprint density at radius 2 is 0.879 bits per heavy atom. The van der Waals surface area contributed by atoms with Crippen LogP contribution < -0.4 is 0 Å². The zero-order valence-corrected chi connectivity index (χ0v) is 14.5. The van der Waals surface area contributed by atoms with Gasteiger partial charge in [0.15, 0.2) is 0 Å². The molecule has 1 rings (SSSR count). The lowest BCUT2D eigenvalue weighted by atomic mass is 9.69. The molecule has 178 valence electrons. The van der Waals surface area contributed by atoms with Crippen molar-refractivity contribution in [2.45, 2.75) is 23.0 Å². The molecule has 0 saturated heterocycles. The van der Waals surface area contributed by atoms with Gasteiger partial charge in [-0.15, -0.1) is 0 Å². The molecule has 0 saturated carbocycles. The molecular formula is C6HN9O18. The lowest BCUT2D eigenvalue weighted by Crippen LogP contribution is -2.90. The molecule has 0 aromatic heterocycles. The first-order chi connectivity index (χ1) is 14.9. The first-order valence-corrected chi connectivity index (χ1v) is 6.91. The van der Waals surface area contributed by atoms with E-state index in [1.54, 1.807) is 0 Å². The Hall–Kier alpha value is -5.66. The third-order valence-corrected chi connectivity index (χ3v) is 4.42. The lowest BCUT2D eigenvalue weighted by Gasteiger charge is -2.28. The van der Waals surface area contributed by atoms with Crippen molar-refractivity contribution < 1.29 is 44.3 Å². The molecule has 0 spiro atoms. The van der Waals surface area contributed by atoms with Crippen LogP contribution in [0.25, 0.3) is 0 Å². The fourth-order valence-electron chi connectivity index (χ4n) is 3.37. The van der Waals surface area contributed by atoms with Gasteiger partial charge in [0.1, 0.15) is 29.5 Å². The average Bonchev–Trinajstić information content (AvgIpc) is 2.62. The highest BCUT2D eigenvalue weighted by atomic mass is 16.7. The molecule has 0 heterocycles. The fraction of sp³-hybridized carbons (Fsp3) is 0.667. The molecule has 0 fully saturated rings. The highest BCUT2D eigenvalue weighted by molar-refractivity contribution is 5.28. The largest absolute Gasteiger partial charge is 0.753 e. The molecule has 1 aliphatic rings. The van der Waals surface area contributed by atoms with E-state index in [1.165, 1.54) is 0 Å². The van der Waals surface area contributed by atoms with Gasteiger partial charge in [0.2, 0.25) is 0 Å². The third kappa shape index (κ3) is 2.42. The van der Waals surface area contributed by atoms with Gasteiger partial charge >= 0.3 is 34.4 Å². The van der Waals surface area contributed by atoms with Gasteiger partial charge in [0.05, 0.1) is 14.8 Å². The van der Waals surface area contributed by atoms with Crippen molar-refractivity contribution in [1.82, 2.24) is 0 Å². The van der Waals surface area contributed by atoms with Crippen LogP contribution in [0.15, 0.2) is 11.4 Å². The van der Waals surface area contributed by atoms with Crippen LogP contribution in [-0.4, -0.2) is 67.3 Å². The number of hydrogen-bond donors (Lipinski definition) is 0. The lowest BCUT2D eigenvalue weighted by molar-refractivity contribution is -1.02. The molecule has 27 nitrogen and oxygen atoms in total. The Morgan fingerprint density at radius 3 is 1.06 bits per heavy atom. The molecule has 33 heavy (non-hydrogen) atoms. The molecule has 1 atom stereocenters. The van der Waals surface area contributed by atoms with Crippen LogP contribution in [0.4, 0.5) is 0 Å². The van der Waals surface area contributed by atoms with Crippen LogP contribution in [0.5, 0.6) is 0 Å². The number of rotatable bonds is 9. The Morgan fingerprint density at radius 1 is 0.515 bits per heavy atom. The Labute approximate surface area is 171 Å². The van der Waals surface area contributed by atoms with Gasteiger partial charge in [-0.2, -0.15) is 0 Å². The normalized spacial score (nSPS) is 20.2. The van der Waals surface area contributed by atoms with E-state index in [1.807, 2.05) is 0 Å². The molecule has 0 amide bonds. The summed E-state index contributed by atoms with van der Waals surface area (Å²) in [6.45, 7) is 0. The topological polar surface area (TPSA) is 388 Å². The highest BCUT2D eigenvalue weighted by Gasteiger charge is 3.22. The molecule has 1 aliphatic carbocycles. The van der Waals surface area contributed by atoms with E-state index in [0.717, 1.165) is 0 Å². The summed E-state index contributed by atoms with van der Waals surface area (Å²) < 4.78 is 0. The van der Waals surface area contributed by atoms with E-state index in [-0.39, 0.29) is 0 Å². The van der Waals surface area contributed by atoms with E-state index in [0.29, 0.717) is 0 Å². The van der Waals surface area contributed by atoms with Crippen molar-refractivity contribution in [3.8, 4) is 0 Å². The van der Waals surface area contributed by atoms with Crippen molar-refractivity contribution in [3.05, 3.63) is 102 Å². The second-order valence-corrected chi connectivity index (χ2v) is 5.55. The van der Waals surface area contributed by atoms with Gasteiger partial charge in [-0.1, -0.05) is 0 Å². The third-order valence-electron chi connectivity index (χ3n) is 4.42. The Kier molecular flexibility index (Phi) is 5.57. The first kappa shape index (κ1) is 25.4. The molecular weight excluding hydrogens is 486 g/mol. The van der Waals surface area contributed by atoms with Crippen LogP contribution >= 0.6 is 0 Å². The minimum absolute atomic E-state index is 2.50. The maximum Gasteiger partial charge on any atom is 0.753 e. The predicted molar refractivity (Wildman–Crippen MR) is 82.0 cm³/mol. The first-order valence-electron chi connectivity index (χ1n) is 6.91. The van der Waals surface area contributed by atoms with Crippen molar-refractivity contribution in [2.24, 2.45) is 0 Å². The minimum Gasteiger partial charge on any atom is -0.263 e. The zero-order valence-electron chi connectivity index (χ0n) is 14.5. The van der Waals surface area contributed by atoms with E-state index in [4.69, 9.17) is 0 Å². The van der Waals surface area contributed by atoms with E-state index >= 15 is 0 Å². The molecule has 1 unspecified atom stereocenters. The molecule has 0 aromatic rings. The predicted octanol–water partition coefficient (Wildman–Crippen LogP) is -2.84. The quantitative estimate of drug-likeness (QED) is 0.179. The van der Waals surface area contributed by atoms with Gasteiger partial charge in [0, 0.05) is 0 Å². The molecule has 0 radical (unpaired) electrons. The van der Waals surface area contributed by atoms with Crippen LogP contribution in [0.1, 0.15) is 0 Å².